The molecule has 22 heavy (non-hydrogen) atoms. The van der Waals surface area contributed by atoms with E-state index in [9.17, 15) is 4.79 Å². The summed E-state index contributed by atoms with van der Waals surface area (Å²) in [6, 6.07) is 2.53. The summed E-state index contributed by atoms with van der Waals surface area (Å²) in [7, 11) is 2.11. The lowest BCUT2D eigenvalue weighted by Crippen LogP contribution is -2.48. The summed E-state index contributed by atoms with van der Waals surface area (Å²) in [5.41, 5.74) is 0.549. The van der Waals surface area contributed by atoms with Crippen molar-refractivity contribution in [1.82, 2.24) is 19.6 Å². The second-order valence-corrected chi connectivity index (χ2v) is 6.32. The standard InChI is InChI=1S/C16H26N4O2/c1-4-12(5-2)20-7-6-13(17-20)16(21)19-10-14-15(11-19)22-9-8-18(14)3/h6-7,12,14-15H,4-5,8-11H2,1-3H3. The highest BCUT2D eigenvalue weighted by molar-refractivity contribution is 5.92. The Balaban J connectivity index is 1.70. The van der Waals surface area contributed by atoms with Crippen molar-refractivity contribution in [3.8, 4) is 0 Å². The molecule has 3 rings (SSSR count). The van der Waals surface area contributed by atoms with Crippen LogP contribution in [0.25, 0.3) is 0 Å². The lowest BCUT2D eigenvalue weighted by Gasteiger charge is -2.33. The summed E-state index contributed by atoms with van der Waals surface area (Å²) in [5, 5.41) is 4.50. The molecule has 122 valence electrons. The van der Waals surface area contributed by atoms with Gasteiger partial charge in [-0.1, -0.05) is 13.8 Å². The average Bonchev–Trinajstić information content (AvgIpc) is 3.15. The Morgan fingerprint density at radius 1 is 1.41 bits per heavy atom. The minimum absolute atomic E-state index is 0.0242. The van der Waals surface area contributed by atoms with Crippen LogP contribution in [0, 0.1) is 0 Å². The van der Waals surface area contributed by atoms with Crippen LogP contribution >= 0.6 is 0 Å². The van der Waals surface area contributed by atoms with E-state index in [1.54, 1.807) is 0 Å². The van der Waals surface area contributed by atoms with E-state index < -0.39 is 0 Å². The summed E-state index contributed by atoms with van der Waals surface area (Å²) in [6.45, 7) is 7.39. The Morgan fingerprint density at radius 2 is 2.18 bits per heavy atom. The smallest absolute Gasteiger partial charge is 0.274 e. The van der Waals surface area contributed by atoms with Crippen LogP contribution in [-0.4, -0.2) is 70.9 Å². The second kappa shape index (κ2) is 6.38. The number of hydrogen-bond donors (Lipinski definition) is 0. The van der Waals surface area contributed by atoms with E-state index in [1.165, 1.54) is 0 Å². The van der Waals surface area contributed by atoms with E-state index in [1.807, 2.05) is 21.8 Å². The molecule has 3 heterocycles. The molecule has 2 aliphatic rings. The molecule has 0 bridgehead atoms. The molecule has 2 saturated heterocycles. The topological polar surface area (TPSA) is 50.6 Å². The van der Waals surface area contributed by atoms with Gasteiger partial charge < -0.3 is 9.64 Å². The van der Waals surface area contributed by atoms with Crippen molar-refractivity contribution in [2.45, 2.75) is 44.9 Å². The molecule has 6 heteroatoms. The maximum Gasteiger partial charge on any atom is 0.274 e. The molecular weight excluding hydrogens is 280 g/mol. The van der Waals surface area contributed by atoms with Crippen LogP contribution in [0.1, 0.15) is 43.2 Å². The first-order chi connectivity index (χ1) is 10.6. The molecule has 0 N–H and O–H groups in total. The summed E-state index contributed by atoms with van der Waals surface area (Å²) < 4.78 is 7.74. The molecule has 1 aromatic heterocycles. The Kier molecular flexibility index (Phi) is 4.49. The normalized spacial score (nSPS) is 25.7. The third kappa shape index (κ3) is 2.77. The number of hydrogen-bond acceptors (Lipinski definition) is 4. The number of rotatable bonds is 4. The van der Waals surface area contributed by atoms with Crippen molar-refractivity contribution >= 4 is 5.91 Å². The number of ether oxygens (including phenoxy) is 1. The Bertz CT molecular complexity index is 526. The highest BCUT2D eigenvalue weighted by Gasteiger charge is 2.41. The fraction of sp³-hybridized carbons (Fsp3) is 0.750. The summed E-state index contributed by atoms with van der Waals surface area (Å²) in [6.07, 6.45) is 4.12. The number of fused-ring (bicyclic) bond motifs is 1. The van der Waals surface area contributed by atoms with E-state index in [-0.39, 0.29) is 12.0 Å². The summed E-state index contributed by atoms with van der Waals surface area (Å²) >= 11 is 0. The van der Waals surface area contributed by atoms with Gasteiger partial charge in [-0.3, -0.25) is 14.4 Å². The van der Waals surface area contributed by atoms with Crippen LogP contribution in [0.3, 0.4) is 0 Å². The average molecular weight is 306 g/mol. The van der Waals surface area contributed by atoms with Crippen molar-refractivity contribution in [3.63, 3.8) is 0 Å². The lowest BCUT2D eigenvalue weighted by molar-refractivity contribution is -0.0368. The predicted molar refractivity (Wildman–Crippen MR) is 83.9 cm³/mol. The maximum atomic E-state index is 12.7. The van der Waals surface area contributed by atoms with E-state index in [2.05, 4.69) is 30.9 Å². The van der Waals surface area contributed by atoms with Gasteiger partial charge in [0, 0.05) is 25.8 Å². The minimum Gasteiger partial charge on any atom is -0.373 e. The van der Waals surface area contributed by atoms with Gasteiger partial charge in [0.2, 0.25) is 0 Å². The fourth-order valence-corrected chi connectivity index (χ4v) is 3.50. The molecule has 0 saturated carbocycles. The van der Waals surface area contributed by atoms with Crippen LogP contribution in [0.2, 0.25) is 0 Å². The molecule has 0 aromatic carbocycles. The third-order valence-electron chi connectivity index (χ3n) is 5.01. The monoisotopic (exact) mass is 306 g/mol. The molecule has 6 nitrogen and oxygen atoms in total. The molecule has 1 aromatic rings. The van der Waals surface area contributed by atoms with Crippen molar-refractivity contribution in [2.24, 2.45) is 0 Å². The van der Waals surface area contributed by atoms with Gasteiger partial charge in [-0.05, 0) is 26.0 Å². The summed E-state index contributed by atoms with van der Waals surface area (Å²) in [4.78, 5) is 16.9. The van der Waals surface area contributed by atoms with Gasteiger partial charge in [-0.25, -0.2) is 0 Å². The second-order valence-electron chi connectivity index (χ2n) is 6.32. The molecule has 0 spiro atoms. The van der Waals surface area contributed by atoms with Crippen LogP contribution in [0.15, 0.2) is 12.3 Å². The molecular formula is C16H26N4O2. The molecule has 2 unspecified atom stereocenters. The number of carbonyl (C=O) groups is 1. The van der Waals surface area contributed by atoms with E-state index in [0.29, 0.717) is 24.3 Å². The highest BCUT2D eigenvalue weighted by Crippen LogP contribution is 2.23. The molecule has 1 amide bonds. The zero-order chi connectivity index (χ0) is 15.7. The molecule has 2 fully saturated rings. The van der Waals surface area contributed by atoms with Crippen molar-refractivity contribution < 1.29 is 9.53 Å². The van der Waals surface area contributed by atoms with Gasteiger partial charge >= 0.3 is 0 Å². The zero-order valence-electron chi connectivity index (χ0n) is 13.7. The molecule has 2 aliphatic heterocycles. The van der Waals surface area contributed by atoms with Crippen molar-refractivity contribution in [2.75, 3.05) is 33.3 Å². The third-order valence-corrected chi connectivity index (χ3v) is 5.01. The van der Waals surface area contributed by atoms with Crippen LogP contribution < -0.4 is 0 Å². The minimum atomic E-state index is 0.0242. The first-order valence-electron chi connectivity index (χ1n) is 8.30. The number of likely N-dealkylation sites (N-methyl/N-ethyl adjacent to an activating group) is 1. The number of nitrogens with zero attached hydrogens (tertiary/aromatic N) is 4. The van der Waals surface area contributed by atoms with Gasteiger partial charge in [-0.2, -0.15) is 5.10 Å². The number of carbonyl (C=O) groups excluding carboxylic acids is 1. The number of likely N-dealkylation sites (tertiary alicyclic amines) is 1. The molecule has 0 radical (unpaired) electrons. The number of amides is 1. The lowest BCUT2D eigenvalue weighted by atomic mass is 10.1. The Labute approximate surface area is 132 Å². The molecule has 0 aliphatic carbocycles. The van der Waals surface area contributed by atoms with Crippen molar-refractivity contribution in [3.05, 3.63) is 18.0 Å². The van der Waals surface area contributed by atoms with E-state index in [4.69, 9.17) is 4.74 Å². The van der Waals surface area contributed by atoms with Crippen LogP contribution in [0.4, 0.5) is 0 Å². The maximum absolute atomic E-state index is 12.7. The molecule has 2 atom stereocenters. The number of morpholine rings is 1. The van der Waals surface area contributed by atoms with Gasteiger partial charge in [0.25, 0.3) is 5.91 Å². The first-order valence-corrected chi connectivity index (χ1v) is 8.30. The fourth-order valence-electron chi connectivity index (χ4n) is 3.50. The predicted octanol–water partition coefficient (Wildman–Crippen LogP) is 1.40. The highest BCUT2D eigenvalue weighted by atomic mass is 16.5. The van der Waals surface area contributed by atoms with Gasteiger partial charge in [0.05, 0.1) is 24.8 Å². The largest absolute Gasteiger partial charge is 0.373 e. The van der Waals surface area contributed by atoms with Crippen molar-refractivity contribution in [1.29, 1.82) is 0 Å². The van der Waals surface area contributed by atoms with Gasteiger partial charge in [0.1, 0.15) is 5.69 Å². The zero-order valence-corrected chi connectivity index (χ0v) is 13.7. The van der Waals surface area contributed by atoms with Gasteiger partial charge in [-0.15, -0.1) is 0 Å². The Hall–Kier alpha value is -1.40. The Morgan fingerprint density at radius 3 is 2.86 bits per heavy atom. The summed E-state index contributed by atoms with van der Waals surface area (Å²) in [5.74, 6) is 0.0242. The first kappa shape index (κ1) is 15.5. The van der Waals surface area contributed by atoms with E-state index >= 15 is 0 Å². The number of aromatic nitrogens is 2. The quantitative estimate of drug-likeness (QED) is 0.844. The van der Waals surface area contributed by atoms with Crippen LogP contribution in [-0.2, 0) is 4.74 Å². The SMILES string of the molecule is CCC(CC)n1ccc(C(=O)N2CC3OCCN(C)C3C2)n1. The van der Waals surface area contributed by atoms with E-state index in [0.717, 1.165) is 32.5 Å². The van der Waals surface area contributed by atoms with Crippen LogP contribution in [0.5, 0.6) is 0 Å². The van der Waals surface area contributed by atoms with Gasteiger partial charge in [0.15, 0.2) is 0 Å².